The summed E-state index contributed by atoms with van der Waals surface area (Å²) in [6, 6.07) is 6.67. The summed E-state index contributed by atoms with van der Waals surface area (Å²) in [6.07, 6.45) is 7.86. The van der Waals surface area contributed by atoms with E-state index in [1.54, 1.807) is 6.26 Å². The van der Waals surface area contributed by atoms with Gasteiger partial charge in [-0.1, -0.05) is 56.7 Å². The van der Waals surface area contributed by atoms with Crippen molar-refractivity contribution in [3.63, 3.8) is 0 Å². The second-order valence-electron chi connectivity index (χ2n) is 10.7. The Labute approximate surface area is 228 Å². The molecular formula is C28H39N5O4S. The smallest absolute Gasteiger partial charge is 0.286 e. The number of Topliss-reactive ketones (excluding diaryl/α,β-unsaturated/α-hetero) is 1. The van der Waals surface area contributed by atoms with E-state index in [1.165, 1.54) is 24.6 Å². The third-order valence-corrected chi connectivity index (χ3v) is 7.92. The van der Waals surface area contributed by atoms with Crippen LogP contribution in [-0.4, -0.2) is 64.1 Å². The van der Waals surface area contributed by atoms with E-state index in [2.05, 4.69) is 25.7 Å². The van der Waals surface area contributed by atoms with Crippen molar-refractivity contribution in [1.29, 1.82) is 0 Å². The van der Waals surface area contributed by atoms with Gasteiger partial charge in [-0.2, -0.15) is 0 Å². The highest BCUT2D eigenvalue weighted by Crippen LogP contribution is 2.26. The minimum atomic E-state index is -0.767. The Morgan fingerprint density at radius 1 is 1.08 bits per heavy atom. The average Bonchev–Trinajstić information content (AvgIpc) is 3.60. The summed E-state index contributed by atoms with van der Waals surface area (Å²) >= 11 is 1.26. The first-order chi connectivity index (χ1) is 18.4. The number of nitrogens with zero attached hydrogens (tertiary/aromatic N) is 3. The maximum Gasteiger partial charge on any atom is 0.286 e. The third kappa shape index (κ3) is 7.22. The van der Waals surface area contributed by atoms with Gasteiger partial charge >= 0.3 is 0 Å². The standard InChI is InChI=1S/C28H39N5O4S/c1-18(2)16-23(24(34)27-31-32-28(37-27)38-3)30-26(36)21-12-6-7-13-22(21)29-25(35)20-11-5-4-10-19(20)17-33-14-8-9-15-33/h4-5,10-11,18,21-23H,6-9,12-17H2,1-3H3,(H,29,35)(H,30,36)/t21-,22+,23?/m1/s1. The number of amides is 2. The molecule has 1 aliphatic heterocycles. The topological polar surface area (TPSA) is 117 Å². The van der Waals surface area contributed by atoms with Gasteiger partial charge in [0.1, 0.15) is 0 Å². The average molecular weight is 542 g/mol. The van der Waals surface area contributed by atoms with Crippen LogP contribution >= 0.6 is 11.8 Å². The molecule has 0 bridgehead atoms. The lowest BCUT2D eigenvalue weighted by atomic mass is 9.83. The number of rotatable bonds is 11. The lowest BCUT2D eigenvalue weighted by molar-refractivity contribution is -0.127. The van der Waals surface area contributed by atoms with Crippen LogP contribution in [0.2, 0.25) is 0 Å². The van der Waals surface area contributed by atoms with Crippen LogP contribution in [0.3, 0.4) is 0 Å². The van der Waals surface area contributed by atoms with Crippen molar-refractivity contribution in [1.82, 2.24) is 25.7 Å². The summed E-state index contributed by atoms with van der Waals surface area (Å²) in [4.78, 5) is 42.5. The third-order valence-electron chi connectivity index (χ3n) is 7.41. The molecule has 2 aromatic rings. The summed E-state index contributed by atoms with van der Waals surface area (Å²) in [5.41, 5.74) is 1.67. The first-order valence-corrected chi connectivity index (χ1v) is 14.9. The van der Waals surface area contributed by atoms with Crippen LogP contribution in [-0.2, 0) is 11.3 Å². The minimum absolute atomic E-state index is 0.0941. The van der Waals surface area contributed by atoms with Crippen LogP contribution < -0.4 is 10.6 Å². The van der Waals surface area contributed by atoms with Gasteiger partial charge in [0.15, 0.2) is 0 Å². The van der Waals surface area contributed by atoms with Gasteiger partial charge in [-0.15, -0.1) is 10.2 Å². The number of hydrogen-bond donors (Lipinski definition) is 2. The molecule has 1 unspecified atom stereocenters. The van der Waals surface area contributed by atoms with Crippen LogP contribution in [0.1, 0.15) is 85.4 Å². The normalized spacial score (nSPS) is 20.8. The zero-order valence-corrected chi connectivity index (χ0v) is 23.4. The second kappa shape index (κ2) is 13.4. The van der Waals surface area contributed by atoms with Crippen LogP contribution in [0.25, 0.3) is 0 Å². The zero-order chi connectivity index (χ0) is 27.1. The number of carbonyl (C=O) groups excluding carboxylic acids is 3. The monoisotopic (exact) mass is 541 g/mol. The summed E-state index contributed by atoms with van der Waals surface area (Å²) in [5, 5.41) is 14.2. The molecule has 0 spiro atoms. The zero-order valence-electron chi connectivity index (χ0n) is 22.6. The van der Waals surface area contributed by atoms with Crippen molar-refractivity contribution in [3.8, 4) is 0 Å². The van der Waals surface area contributed by atoms with Crippen molar-refractivity contribution in [2.45, 2.75) is 82.6 Å². The fourth-order valence-electron chi connectivity index (χ4n) is 5.45. The quantitative estimate of drug-likeness (QED) is 0.323. The maximum absolute atomic E-state index is 13.5. The maximum atomic E-state index is 13.5. The Hall–Kier alpha value is -2.72. The molecule has 1 aromatic carbocycles. The minimum Gasteiger partial charge on any atom is -0.408 e. The molecule has 3 atom stereocenters. The number of nitrogens with one attached hydrogen (secondary N) is 2. The Bertz CT molecular complexity index is 1110. The first-order valence-electron chi connectivity index (χ1n) is 13.7. The summed E-state index contributed by atoms with van der Waals surface area (Å²) in [7, 11) is 0. The summed E-state index contributed by atoms with van der Waals surface area (Å²) in [5.74, 6) is -1.08. The number of likely N-dealkylation sites (tertiary alicyclic amines) is 1. The van der Waals surface area contributed by atoms with E-state index in [9.17, 15) is 14.4 Å². The molecule has 1 saturated carbocycles. The van der Waals surface area contributed by atoms with Crippen LogP contribution in [0.5, 0.6) is 0 Å². The predicted octanol–water partition coefficient (Wildman–Crippen LogP) is 4.09. The van der Waals surface area contributed by atoms with E-state index in [4.69, 9.17) is 4.42 Å². The number of benzene rings is 1. The summed E-state index contributed by atoms with van der Waals surface area (Å²) < 4.78 is 5.45. The Kier molecular flexibility index (Phi) is 9.96. The molecule has 2 heterocycles. The van der Waals surface area contributed by atoms with Crippen molar-refractivity contribution >= 4 is 29.4 Å². The number of carbonyl (C=O) groups is 3. The van der Waals surface area contributed by atoms with Gasteiger partial charge in [-0.05, 0) is 69.0 Å². The highest BCUT2D eigenvalue weighted by molar-refractivity contribution is 7.98. The van der Waals surface area contributed by atoms with E-state index in [1.807, 2.05) is 38.1 Å². The van der Waals surface area contributed by atoms with Gasteiger partial charge in [0.25, 0.3) is 17.0 Å². The van der Waals surface area contributed by atoms with Crippen molar-refractivity contribution in [3.05, 3.63) is 41.3 Å². The number of aromatic nitrogens is 2. The molecule has 10 heteroatoms. The highest BCUT2D eigenvalue weighted by Gasteiger charge is 2.36. The highest BCUT2D eigenvalue weighted by atomic mass is 32.2. The van der Waals surface area contributed by atoms with E-state index >= 15 is 0 Å². The molecule has 2 fully saturated rings. The Balaban J connectivity index is 1.45. The molecule has 206 valence electrons. The fourth-order valence-corrected chi connectivity index (χ4v) is 5.73. The largest absolute Gasteiger partial charge is 0.408 e. The molecule has 9 nitrogen and oxygen atoms in total. The molecule has 2 amide bonds. The summed E-state index contributed by atoms with van der Waals surface area (Å²) in [6.45, 7) is 6.86. The van der Waals surface area contributed by atoms with Gasteiger partial charge < -0.3 is 15.1 Å². The van der Waals surface area contributed by atoms with E-state index < -0.39 is 12.0 Å². The molecule has 1 saturated heterocycles. The molecule has 4 rings (SSSR count). The van der Waals surface area contributed by atoms with Gasteiger partial charge in [0.2, 0.25) is 11.7 Å². The van der Waals surface area contributed by atoms with Gasteiger partial charge in [-0.3, -0.25) is 19.3 Å². The van der Waals surface area contributed by atoms with E-state index in [0.29, 0.717) is 23.6 Å². The molecule has 2 N–H and O–H groups in total. The Morgan fingerprint density at radius 2 is 1.82 bits per heavy atom. The molecule has 2 aliphatic rings. The van der Waals surface area contributed by atoms with E-state index in [-0.39, 0.29) is 35.4 Å². The van der Waals surface area contributed by atoms with E-state index in [0.717, 1.165) is 44.5 Å². The molecule has 1 aliphatic carbocycles. The fraction of sp³-hybridized carbons (Fsp3) is 0.607. The van der Waals surface area contributed by atoms with Gasteiger partial charge in [0, 0.05) is 18.2 Å². The van der Waals surface area contributed by atoms with Crippen molar-refractivity contribution in [2.75, 3.05) is 19.3 Å². The SMILES string of the molecule is CSc1nnc(C(=O)C(CC(C)C)NC(=O)[C@@H]2CCCC[C@@H]2NC(=O)c2ccccc2CN2CCCC2)o1. The van der Waals surface area contributed by atoms with Gasteiger partial charge in [-0.25, -0.2) is 0 Å². The number of hydrogen-bond acceptors (Lipinski definition) is 8. The van der Waals surface area contributed by atoms with Crippen LogP contribution in [0, 0.1) is 11.8 Å². The number of ketones is 1. The lowest BCUT2D eigenvalue weighted by Crippen LogP contribution is -2.52. The predicted molar refractivity (Wildman–Crippen MR) is 146 cm³/mol. The van der Waals surface area contributed by atoms with Crippen molar-refractivity contribution < 1.29 is 18.8 Å². The molecular weight excluding hydrogens is 502 g/mol. The molecule has 1 aromatic heterocycles. The second-order valence-corrected chi connectivity index (χ2v) is 11.5. The lowest BCUT2D eigenvalue weighted by Gasteiger charge is -2.32. The Morgan fingerprint density at radius 3 is 2.53 bits per heavy atom. The van der Waals surface area contributed by atoms with Gasteiger partial charge in [0.05, 0.1) is 12.0 Å². The molecule has 38 heavy (non-hydrogen) atoms. The molecule has 0 radical (unpaired) electrons. The van der Waals surface area contributed by atoms with Crippen LogP contribution in [0.15, 0.2) is 33.9 Å². The first kappa shape index (κ1) is 28.3. The van der Waals surface area contributed by atoms with Crippen LogP contribution in [0.4, 0.5) is 0 Å². The number of thioether (sulfide) groups is 1. The van der Waals surface area contributed by atoms with Crippen molar-refractivity contribution in [2.24, 2.45) is 11.8 Å².